The third kappa shape index (κ3) is 7.02. The van der Waals surface area contributed by atoms with Crippen molar-refractivity contribution < 1.29 is 19.1 Å². The van der Waals surface area contributed by atoms with Crippen LogP contribution in [-0.4, -0.2) is 43.0 Å². The van der Waals surface area contributed by atoms with Crippen LogP contribution >= 0.6 is 0 Å². The van der Waals surface area contributed by atoms with E-state index in [0.717, 1.165) is 24.2 Å². The Labute approximate surface area is 184 Å². The monoisotopic (exact) mass is 424 g/mol. The Hall–Kier alpha value is -3.02. The van der Waals surface area contributed by atoms with E-state index in [0.29, 0.717) is 36.9 Å². The largest absolute Gasteiger partial charge is 0.497 e. The molecule has 6 nitrogen and oxygen atoms in total. The van der Waals surface area contributed by atoms with Gasteiger partial charge in [-0.2, -0.15) is 0 Å². The maximum atomic E-state index is 12.7. The van der Waals surface area contributed by atoms with E-state index in [2.05, 4.69) is 5.32 Å². The lowest BCUT2D eigenvalue weighted by Gasteiger charge is -2.20. The number of carbonyl (C=O) groups excluding carboxylic acids is 2. The zero-order valence-corrected chi connectivity index (χ0v) is 18.4. The minimum absolute atomic E-state index is 0.0252. The number of nitrogens with one attached hydrogen (secondary N) is 1. The summed E-state index contributed by atoms with van der Waals surface area (Å²) in [7, 11) is 1.58. The van der Waals surface area contributed by atoms with Crippen LogP contribution in [0.5, 0.6) is 11.5 Å². The van der Waals surface area contributed by atoms with Crippen molar-refractivity contribution in [2.45, 2.75) is 51.6 Å². The normalized spacial score (nSPS) is 13.6. The second kappa shape index (κ2) is 11.4. The SMILES string of the molecule is CCN(CC(=O)Nc1cccc(OC)c1)C(=O)CCc1cccc(OC2CCCC2)c1. The van der Waals surface area contributed by atoms with E-state index >= 15 is 0 Å². The van der Waals surface area contributed by atoms with E-state index in [-0.39, 0.29) is 18.4 Å². The van der Waals surface area contributed by atoms with Gasteiger partial charge in [-0.05, 0) is 68.9 Å². The van der Waals surface area contributed by atoms with Crippen molar-refractivity contribution in [1.82, 2.24) is 4.90 Å². The van der Waals surface area contributed by atoms with Crippen LogP contribution in [0.1, 0.15) is 44.6 Å². The molecule has 1 fully saturated rings. The number of methoxy groups -OCH3 is 1. The van der Waals surface area contributed by atoms with Crippen LogP contribution in [0.3, 0.4) is 0 Å². The first kappa shape index (κ1) is 22.7. The van der Waals surface area contributed by atoms with Gasteiger partial charge in [-0.1, -0.05) is 18.2 Å². The fourth-order valence-corrected chi connectivity index (χ4v) is 3.83. The van der Waals surface area contributed by atoms with Crippen LogP contribution in [0, 0.1) is 0 Å². The van der Waals surface area contributed by atoms with Gasteiger partial charge in [-0.25, -0.2) is 0 Å². The van der Waals surface area contributed by atoms with Gasteiger partial charge in [0.2, 0.25) is 11.8 Å². The molecule has 1 N–H and O–H groups in total. The first-order chi connectivity index (χ1) is 15.1. The Kier molecular flexibility index (Phi) is 8.33. The van der Waals surface area contributed by atoms with Crippen molar-refractivity contribution in [2.75, 3.05) is 25.5 Å². The van der Waals surface area contributed by atoms with Crippen LogP contribution in [-0.2, 0) is 16.0 Å². The number of hydrogen-bond donors (Lipinski definition) is 1. The van der Waals surface area contributed by atoms with Gasteiger partial charge in [0.25, 0.3) is 0 Å². The summed E-state index contributed by atoms with van der Waals surface area (Å²) >= 11 is 0. The van der Waals surface area contributed by atoms with Crippen molar-refractivity contribution in [2.24, 2.45) is 0 Å². The molecule has 0 aromatic heterocycles. The Morgan fingerprint density at radius 2 is 1.81 bits per heavy atom. The smallest absolute Gasteiger partial charge is 0.243 e. The average molecular weight is 425 g/mol. The summed E-state index contributed by atoms with van der Waals surface area (Å²) in [5.41, 5.74) is 1.72. The molecule has 0 aliphatic heterocycles. The molecule has 0 atom stereocenters. The molecular formula is C25H32N2O4. The Morgan fingerprint density at radius 1 is 1.06 bits per heavy atom. The lowest BCUT2D eigenvalue weighted by atomic mass is 10.1. The predicted octanol–water partition coefficient (Wildman–Crippen LogP) is 4.44. The molecule has 2 aromatic rings. The number of rotatable bonds is 10. The van der Waals surface area contributed by atoms with E-state index < -0.39 is 0 Å². The summed E-state index contributed by atoms with van der Waals surface area (Å²) in [5.74, 6) is 1.28. The summed E-state index contributed by atoms with van der Waals surface area (Å²) in [6.45, 7) is 2.39. The van der Waals surface area contributed by atoms with Gasteiger partial charge in [0.1, 0.15) is 11.5 Å². The summed E-state index contributed by atoms with van der Waals surface area (Å²) in [4.78, 5) is 26.7. The summed E-state index contributed by atoms with van der Waals surface area (Å²) in [6.07, 6.45) is 5.99. The molecule has 6 heteroatoms. The molecule has 2 aromatic carbocycles. The molecule has 2 amide bonds. The number of ether oxygens (including phenoxy) is 2. The number of amides is 2. The maximum absolute atomic E-state index is 12.7. The van der Waals surface area contributed by atoms with E-state index in [1.165, 1.54) is 12.8 Å². The van der Waals surface area contributed by atoms with Crippen molar-refractivity contribution >= 4 is 17.5 Å². The first-order valence-corrected chi connectivity index (χ1v) is 11.0. The van der Waals surface area contributed by atoms with Gasteiger partial charge in [0.15, 0.2) is 0 Å². The topological polar surface area (TPSA) is 67.9 Å². The van der Waals surface area contributed by atoms with Gasteiger partial charge in [-0.15, -0.1) is 0 Å². The maximum Gasteiger partial charge on any atom is 0.243 e. The zero-order valence-electron chi connectivity index (χ0n) is 18.4. The molecule has 0 bridgehead atoms. The average Bonchev–Trinajstić information content (AvgIpc) is 3.29. The quantitative estimate of drug-likeness (QED) is 0.612. The van der Waals surface area contributed by atoms with E-state index in [1.807, 2.05) is 43.3 Å². The van der Waals surface area contributed by atoms with Crippen LogP contribution in [0.15, 0.2) is 48.5 Å². The summed E-state index contributed by atoms with van der Waals surface area (Å²) in [6, 6.07) is 15.1. The summed E-state index contributed by atoms with van der Waals surface area (Å²) in [5, 5.41) is 2.82. The molecule has 1 aliphatic rings. The third-order valence-electron chi connectivity index (χ3n) is 5.55. The summed E-state index contributed by atoms with van der Waals surface area (Å²) < 4.78 is 11.2. The van der Waals surface area contributed by atoms with Gasteiger partial charge in [-0.3, -0.25) is 9.59 Å². The van der Waals surface area contributed by atoms with Crippen molar-refractivity contribution in [1.29, 1.82) is 0 Å². The van der Waals surface area contributed by atoms with Gasteiger partial charge in [0, 0.05) is 24.7 Å². The number of nitrogens with zero attached hydrogens (tertiary/aromatic N) is 1. The highest BCUT2D eigenvalue weighted by Gasteiger charge is 2.18. The van der Waals surface area contributed by atoms with Crippen molar-refractivity contribution in [3.05, 3.63) is 54.1 Å². The highest BCUT2D eigenvalue weighted by Crippen LogP contribution is 2.25. The van der Waals surface area contributed by atoms with Crippen LogP contribution < -0.4 is 14.8 Å². The minimum Gasteiger partial charge on any atom is -0.497 e. The molecule has 0 spiro atoms. The van der Waals surface area contributed by atoms with Crippen LogP contribution in [0.4, 0.5) is 5.69 Å². The molecule has 3 rings (SSSR count). The number of likely N-dealkylation sites (N-methyl/N-ethyl adjacent to an activating group) is 1. The highest BCUT2D eigenvalue weighted by molar-refractivity contribution is 5.94. The molecule has 1 aliphatic carbocycles. The van der Waals surface area contributed by atoms with Gasteiger partial charge >= 0.3 is 0 Å². The number of benzene rings is 2. The molecule has 0 unspecified atom stereocenters. The first-order valence-electron chi connectivity index (χ1n) is 11.0. The minimum atomic E-state index is -0.226. The highest BCUT2D eigenvalue weighted by atomic mass is 16.5. The van der Waals surface area contributed by atoms with Gasteiger partial charge < -0.3 is 19.7 Å². The van der Waals surface area contributed by atoms with Crippen molar-refractivity contribution in [3.63, 3.8) is 0 Å². The Bertz CT molecular complexity index is 877. The molecule has 0 radical (unpaired) electrons. The third-order valence-corrected chi connectivity index (χ3v) is 5.55. The standard InChI is InChI=1S/C25H32N2O4/c1-3-27(18-24(28)26-20-9-7-12-22(17-20)30-2)25(29)15-14-19-8-6-13-23(16-19)31-21-10-4-5-11-21/h6-9,12-13,16-17,21H,3-5,10-11,14-15,18H2,1-2H3,(H,26,28). The molecule has 31 heavy (non-hydrogen) atoms. The lowest BCUT2D eigenvalue weighted by molar-refractivity contribution is -0.134. The Balaban J connectivity index is 1.49. The van der Waals surface area contributed by atoms with E-state index in [4.69, 9.17) is 9.47 Å². The van der Waals surface area contributed by atoms with Gasteiger partial charge in [0.05, 0.1) is 19.8 Å². The fourth-order valence-electron chi connectivity index (χ4n) is 3.83. The molecular weight excluding hydrogens is 392 g/mol. The Morgan fingerprint density at radius 3 is 2.55 bits per heavy atom. The molecule has 0 saturated heterocycles. The zero-order chi connectivity index (χ0) is 22.1. The lowest BCUT2D eigenvalue weighted by Crippen LogP contribution is -2.38. The second-order valence-electron chi connectivity index (χ2n) is 7.86. The fraction of sp³-hybridized carbons (Fsp3) is 0.440. The number of anilines is 1. The number of hydrogen-bond acceptors (Lipinski definition) is 4. The molecule has 0 heterocycles. The van der Waals surface area contributed by atoms with E-state index in [1.54, 1.807) is 24.1 Å². The number of carbonyl (C=O) groups is 2. The number of aryl methyl sites for hydroxylation is 1. The molecule has 166 valence electrons. The van der Waals surface area contributed by atoms with Crippen LogP contribution in [0.2, 0.25) is 0 Å². The second-order valence-corrected chi connectivity index (χ2v) is 7.86. The van der Waals surface area contributed by atoms with Crippen LogP contribution in [0.25, 0.3) is 0 Å². The predicted molar refractivity (Wildman–Crippen MR) is 122 cm³/mol. The van der Waals surface area contributed by atoms with E-state index in [9.17, 15) is 9.59 Å². The van der Waals surface area contributed by atoms with Crippen molar-refractivity contribution in [3.8, 4) is 11.5 Å². The molecule has 1 saturated carbocycles.